The SMILES string of the molecule is CCc1cccc(NC(=O)NCc2nc(C)cc(N(C)C)n2)c1. The van der Waals surface area contributed by atoms with E-state index < -0.39 is 0 Å². The molecule has 1 aromatic carbocycles. The van der Waals surface area contributed by atoms with Crippen molar-refractivity contribution in [2.75, 3.05) is 24.3 Å². The Bertz CT molecular complexity index is 684. The summed E-state index contributed by atoms with van der Waals surface area (Å²) in [5, 5.41) is 5.61. The minimum Gasteiger partial charge on any atom is -0.363 e. The highest BCUT2D eigenvalue weighted by atomic mass is 16.2. The first-order valence-electron chi connectivity index (χ1n) is 7.63. The van der Waals surface area contributed by atoms with Gasteiger partial charge in [0.15, 0.2) is 0 Å². The predicted octanol–water partition coefficient (Wildman–Crippen LogP) is 2.74. The molecule has 0 aliphatic heterocycles. The topological polar surface area (TPSA) is 70.2 Å². The minimum atomic E-state index is -0.269. The van der Waals surface area contributed by atoms with E-state index in [0.717, 1.165) is 23.6 Å². The van der Waals surface area contributed by atoms with Crippen molar-refractivity contribution in [2.24, 2.45) is 0 Å². The molecule has 0 aliphatic rings. The van der Waals surface area contributed by atoms with Gasteiger partial charge in [-0.05, 0) is 31.0 Å². The molecular formula is C17H23N5O. The van der Waals surface area contributed by atoms with E-state index in [1.165, 1.54) is 5.56 Å². The number of carbonyl (C=O) groups excluding carboxylic acids is 1. The van der Waals surface area contributed by atoms with E-state index in [-0.39, 0.29) is 12.6 Å². The molecule has 122 valence electrons. The summed E-state index contributed by atoms with van der Waals surface area (Å²) in [6.45, 7) is 4.27. The number of rotatable bonds is 5. The van der Waals surface area contributed by atoms with E-state index in [2.05, 4.69) is 27.5 Å². The number of hydrogen-bond acceptors (Lipinski definition) is 4. The Morgan fingerprint density at radius 1 is 1.22 bits per heavy atom. The molecule has 0 radical (unpaired) electrons. The van der Waals surface area contributed by atoms with Gasteiger partial charge >= 0.3 is 6.03 Å². The summed E-state index contributed by atoms with van der Waals surface area (Å²) in [5.74, 6) is 1.41. The summed E-state index contributed by atoms with van der Waals surface area (Å²) in [6.07, 6.45) is 0.932. The number of carbonyl (C=O) groups is 1. The molecule has 6 heteroatoms. The molecular weight excluding hydrogens is 290 g/mol. The van der Waals surface area contributed by atoms with E-state index in [1.807, 2.05) is 56.3 Å². The lowest BCUT2D eigenvalue weighted by Gasteiger charge is -2.13. The standard InChI is InChI=1S/C17H23N5O/c1-5-13-7-6-8-14(10-13)20-17(23)18-11-15-19-12(2)9-16(21-15)22(3)4/h6-10H,5,11H2,1-4H3,(H2,18,20,23). The molecule has 1 aromatic heterocycles. The number of hydrogen-bond donors (Lipinski definition) is 2. The van der Waals surface area contributed by atoms with Crippen molar-refractivity contribution in [3.63, 3.8) is 0 Å². The van der Waals surface area contributed by atoms with Crippen LogP contribution in [-0.4, -0.2) is 30.1 Å². The highest BCUT2D eigenvalue weighted by Crippen LogP contribution is 2.11. The Hall–Kier alpha value is -2.63. The second kappa shape index (κ2) is 7.58. The lowest BCUT2D eigenvalue weighted by atomic mass is 10.1. The molecule has 0 aliphatic carbocycles. The quantitative estimate of drug-likeness (QED) is 0.890. The molecule has 1 heterocycles. The van der Waals surface area contributed by atoms with Gasteiger partial charge < -0.3 is 15.5 Å². The molecule has 0 atom stereocenters. The lowest BCUT2D eigenvalue weighted by Crippen LogP contribution is -2.29. The van der Waals surface area contributed by atoms with Crippen LogP contribution in [0.5, 0.6) is 0 Å². The monoisotopic (exact) mass is 313 g/mol. The summed E-state index contributed by atoms with van der Waals surface area (Å²) in [5.41, 5.74) is 2.83. The number of benzene rings is 1. The summed E-state index contributed by atoms with van der Waals surface area (Å²) >= 11 is 0. The summed E-state index contributed by atoms with van der Waals surface area (Å²) in [7, 11) is 3.85. The van der Waals surface area contributed by atoms with Crippen LogP contribution >= 0.6 is 0 Å². The fourth-order valence-electron chi connectivity index (χ4n) is 2.12. The van der Waals surface area contributed by atoms with Gasteiger partial charge in [0.1, 0.15) is 11.6 Å². The first kappa shape index (κ1) is 16.7. The highest BCUT2D eigenvalue weighted by Gasteiger charge is 2.07. The number of aromatic nitrogens is 2. The Balaban J connectivity index is 1.96. The van der Waals surface area contributed by atoms with E-state index in [4.69, 9.17) is 0 Å². The predicted molar refractivity (Wildman–Crippen MR) is 92.8 cm³/mol. The minimum absolute atomic E-state index is 0.269. The largest absolute Gasteiger partial charge is 0.363 e. The zero-order valence-corrected chi connectivity index (χ0v) is 14.1. The third-order valence-electron chi connectivity index (χ3n) is 3.35. The maximum absolute atomic E-state index is 12.0. The fourth-order valence-corrected chi connectivity index (χ4v) is 2.12. The van der Waals surface area contributed by atoms with Gasteiger partial charge in [-0.1, -0.05) is 19.1 Å². The fraction of sp³-hybridized carbons (Fsp3) is 0.353. The van der Waals surface area contributed by atoms with Crippen LogP contribution in [0.15, 0.2) is 30.3 Å². The Labute approximate surface area is 137 Å². The van der Waals surface area contributed by atoms with Gasteiger partial charge in [-0.3, -0.25) is 0 Å². The van der Waals surface area contributed by atoms with Crippen LogP contribution in [0, 0.1) is 6.92 Å². The van der Waals surface area contributed by atoms with E-state index >= 15 is 0 Å². The van der Waals surface area contributed by atoms with Crippen molar-refractivity contribution >= 4 is 17.5 Å². The first-order valence-corrected chi connectivity index (χ1v) is 7.63. The molecule has 2 N–H and O–H groups in total. The first-order chi connectivity index (χ1) is 11.0. The summed E-state index contributed by atoms with van der Waals surface area (Å²) in [4.78, 5) is 22.7. The van der Waals surface area contributed by atoms with Crippen molar-refractivity contribution in [3.8, 4) is 0 Å². The van der Waals surface area contributed by atoms with E-state index in [0.29, 0.717) is 5.82 Å². The second-order valence-electron chi connectivity index (χ2n) is 5.54. The number of nitrogens with one attached hydrogen (secondary N) is 2. The molecule has 0 saturated heterocycles. The van der Waals surface area contributed by atoms with Crippen molar-refractivity contribution < 1.29 is 4.79 Å². The van der Waals surface area contributed by atoms with Gasteiger partial charge in [0.05, 0.1) is 6.54 Å². The number of nitrogens with zero attached hydrogens (tertiary/aromatic N) is 3. The van der Waals surface area contributed by atoms with Crippen LogP contribution in [0.25, 0.3) is 0 Å². The maximum atomic E-state index is 12.0. The molecule has 0 fully saturated rings. The van der Waals surface area contributed by atoms with Gasteiger partial charge in [-0.2, -0.15) is 0 Å². The van der Waals surface area contributed by atoms with Crippen molar-refractivity contribution in [1.29, 1.82) is 0 Å². The van der Waals surface area contributed by atoms with Crippen molar-refractivity contribution in [1.82, 2.24) is 15.3 Å². The third-order valence-corrected chi connectivity index (χ3v) is 3.35. The number of anilines is 2. The van der Waals surface area contributed by atoms with Crippen LogP contribution in [0.1, 0.15) is 24.0 Å². The normalized spacial score (nSPS) is 10.3. The second-order valence-corrected chi connectivity index (χ2v) is 5.54. The Morgan fingerprint density at radius 3 is 2.70 bits per heavy atom. The maximum Gasteiger partial charge on any atom is 0.319 e. The Morgan fingerprint density at radius 2 is 2.00 bits per heavy atom. The molecule has 2 amide bonds. The smallest absolute Gasteiger partial charge is 0.319 e. The van der Waals surface area contributed by atoms with Crippen LogP contribution in [-0.2, 0) is 13.0 Å². The molecule has 0 unspecified atom stereocenters. The van der Waals surface area contributed by atoms with Crippen molar-refractivity contribution in [2.45, 2.75) is 26.8 Å². The third kappa shape index (κ3) is 4.95. The molecule has 2 aromatic rings. The molecule has 0 saturated carbocycles. The van der Waals surface area contributed by atoms with Gasteiger partial charge in [-0.15, -0.1) is 0 Å². The number of aryl methyl sites for hydroxylation is 2. The number of urea groups is 1. The van der Waals surface area contributed by atoms with Gasteiger partial charge in [0.2, 0.25) is 0 Å². The average Bonchev–Trinajstić information content (AvgIpc) is 2.52. The highest BCUT2D eigenvalue weighted by molar-refractivity contribution is 5.89. The summed E-state index contributed by atoms with van der Waals surface area (Å²) in [6, 6.07) is 9.43. The molecule has 23 heavy (non-hydrogen) atoms. The summed E-state index contributed by atoms with van der Waals surface area (Å²) < 4.78 is 0. The molecule has 0 bridgehead atoms. The van der Waals surface area contributed by atoms with Crippen LogP contribution < -0.4 is 15.5 Å². The zero-order valence-electron chi connectivity index (χ0n) is 14.1. The van der Waals surface area contributed by atoms with Gasteiger partial charge in [0.25, 0.3) is 0 Å². The molecule has 2 rings (SSSR count). The van der Waals surface area contributed by atoms with E-state index in [9.17, 15) is 4.79 Å². The number of amides is 2. The van der Waals surface area contributed by atoms with Gasteiger partial charge in [0, 0.05) is 31.5 Å². The molecule has 6 nitrogen and oxygen atoms in total. The molecule has 0 spiro atoms. The van der Waals surface area contributed by atoms with Crippen LogP contribution in [0.4, 0.5) is 16.3 Å². The van der Waals surface area contributed by atoms with Gasteiger partial charge in [-0.25, -0.2) is 14.8 Å². The lowest BCUT2D eigenvalue weighted by molar-refractivity contribution is 0.251. The van der Waals surface area contributed by atoms with Crippen LogP contribution in [0.3, 0.4) is 0 Å². The zero-order chi connectivity index (χ0) is 16.8. The Kier molecular flexibility index (Phi) is 5.51. The van der Waals surface area contributed by atoms with Crippen molar-refractivity contribution in [3.05, 3.63) is 47.4 Å². The van der Waals surface area contributed by atoms with E-state index in [1.54, 1.807) is 0 Å². The average molecular weight is 313 g/mol. The van der Waals surface area contributed by atoms with Crippen LogP contribution in [0.2, 0.25) is 0 Å².